The normalized spacial score (nSPS) is 17.7. The fourth-order valence-electron chi connectivity index (χ4n) is 5.91. The van der Waals surface area contributed by atoms with Gasteiger partial charge in [0.05, 0.1) is 0 Å². The van der Waals surface area contributed by atoms with E-state index in [2.05, 4.69) is 69.0 Å². The number of benzene rings is 2. The largest absolute Gasteiger partial charge is 0.381 e. The summed E-state index contributed by atoms with van der Waals surface area (Å²) < 4.78 is 5.36. The SMILES string of the molecule is CC(C)c1ccc2c(c1)CN(C(=O)C(C)(C)C)CC2.CC(C)c1ccc2c(c1)CN(C(=O)C1CCOCC1)CC2. The third-order valence-electron chi connectivity index (χ3n) is 8.63. The van der Waals surface area contributed by atoms with Gasteiger partial charge in [-0.05, 0) is 70.9 Å². The summed E-state index contributed by atoms with van der Waals surface area (Å²) in [5.41, 5.74) is 7.94. The van der Waals surface area contributed by atoms with Crippen LogP contribution in [-0.2, 0) is 40.3 Å². The van der Waals surface area contributed by atoms with Crippen LogP contribution in [-0.4, -0.2) is 47.9 Å². The monoisotopic (exact) mass is 546 g/mol. The molecule has 1 fully saturated rings. The third kappa shape index (κ3) is 7.34. The molecule has 5 heteroatoms. The average molecular weight is 547 g/mol. The molecule has 40 heavy (non-hydrogen) atoms. The average Bonchev–Trinajstić information content (AvgIpc) is 2.95. The fraction of sp³-hybridized carbons (Fsp3) is 0.600. The van der Waals surface area contributed by atoms with Crippen LogP contribution in [0.2, 0.25) is 0 Å². The molecule has 5 rings (SSSR count). The van der Waals surface area contributed by atoms with Crippen LogP contribution in [0.15, 0.2) is 36.4 Å². The van der Waals surface area contributed by atoms with E-state index in [1.165, 1.54) is 33.4 Å². The van der Waals surface area contributed by atoms with Gasteiger partial charge in [-0.2, -0.15) is 0 Å². The molecule has 0 spiro atoms. The van der Waals surface area contributed by atoms with Crippen LogP contribution >= 0.6 is 0 Å². The molecule has 2 aromatic carbocycles. The molecule has 2 aromatic rings. The Morgan fingerprint density at radius 2 is 1.23 bits per heavy atom. The van der Waals surface area contributed by atoms with E-state index in [1.807, 2.05) is 25.7 Å². The van der Waals surface area contributed by atoms with Crippen LogP contribution in [0.4, 0.5) is 0 Å². The van der Waals surface area contributed by atoms with Crippen LogP contribution in [0.5, 0.6) is 0 Å². The van der Waals surface area contributed by atoms with Gasteiger partial charge in [-0.25, -0.2) is 0 Å². The summed E-state index contributed by atoms with van der Waals surface area (Å²) in [5.74, 6) is 1.84. The molecule has 0 N–H and O–H groups in total. The molecule has 1 saturated heterocycles. The molecule has 218 valence electrons. The van der Waals surface area contributed by atoms with Crippen molar-refractivity contribution in [2.24, 2.45) is 11.3 Å². The van der Waals surface area contributed by atoms with Crippen LogP contribution in [0, 0.1) is 11.3 Å². The highest BCUT2D eigenvalue weighted by Gasteiger charge is 2.30. The zero-order valence-electron chi connectivity index (χ0n) is 25.9. The summed E-state index contributed by atoms with van der Waals surface area (Å²) >= 11 is 0. The van der Waals surface area contributed by atoms with Gasteiger partial charge >= 0.3 is 0 Å². The summed E-state index contributed by atoms with van der Waals surface area (Å²) in [4.78, 5) is 29.1. The molecule has 0 unspecified atom stereocenters. The summed E-state index contributed by atoms with van der Waals surface area (Å²) in [7, 11) is 0. The number of carbonyl (C=O) groups excluding carboxylic acids is 2. The standard InChI is InChI=1S/C18H25NO2.C17H25NO/c1-13(2)16-4-3-14-5-8-19(12-17(14)11-16)18(20)15-6-9-21-10-7-15;1-12(2)14-7-6-13-8-9-18(11-15(13)10-14)16(19)17(3,4)5/h3-4,11,13,15H,5-10,12H2,1-2H3;6-7,10,12H,8-9,11H2,1-5H3. The van der Waals surface area contributed by atoms with Gasteiger partial charge in [0.25, 0.3) is 0 Å². The van der Waals surface area contributed by atoms with Crippen molar-refractivity contribution in [1.82, 2.24) is 9.80 Å². The Morgan fingerprint density at radius 3 is 1.70 bits per heavy atom. The number of nitrogens with zero attached hydrogens (tertiary/aromatic N) is 2. The van der Waals surface area contributed by atoms with Gasteiger partial charge in [-0.3, -0.25) is 9.59 Å². The van der Waals surface area contributed by atoms with Crippen LogP contribution in [0.3, 0.4) is 0 Å². The van der Waals surface area contributed by atoms with Crippen LogP contribution < -0.4 is 0 Å². The molecule has 0 radical (unpaired) electrons. The minimum atomic E-state index is -0.285. The van der Waals surface area contributed by atoms with E-state index in [-0.39, 0.29) is 17.2 Å². The summed E-state index contributed by atoms with van der Waals surface area (Å²) in [6.45, 7) is 19.6. The van der Waals surface area contributed by atoms with Gasteiger partial charge in [0.1, 0.15) is 0 Å². The molecule has 5 nitrogen and oxygen atoms in total. The zero-order valence-corrected chi connectivity index (χ0v) is 25.9. The zero-order chi connectivity index (χ0) is 29.0. The third-order valence-corrected chi connectivity index (χ3v) is 8.63. The van der Waals surface area contributed by atoms with E-state index >= 15 is 0 Å². The smallest absolute Gasteiger partial charge is 0.228 e. The van der Waals surface area contributed by atoms with Gasteiger partial charge in [0, 0.05) is 50.7 Å². The molecule has 0 bridgehead atoms. The molecule has 0 aliphatic carbocycles. The van der Waals surface area contributed by atoms with Gasteiger partial charge in [0.2, 0.25) is 11.8 Å². The predicted octanol–water partition coefficient (Wildman–Crippen LogP) is 6.86. The summed E-state index contributed by atoms with van der Waals surface area (Å²) in [6, 6.07) is 13.5. The first-order valence-corrected chi connectivity index (χ1v) is 15.3. The fourth-order valence-corrected chi connectivity index (χ4v) is 5.91. The number of rotatable bonds is 3. The summed E-state index contributed by atoms with van der Waals surface area (Å²) in [6.07, 6.45) is 3.74. The highest BCUT2D eigenvalue weighted by molar-refractivity contribution is 5.82. The maximum Gasteiger partial charge on any atom is 0.228 e. The minimum Gasteiger partial charge on any atom is -0.381 e. The van der Waals surface area contributed by atoms with Gasteiger partial charge < -0.3 is 14.5 Å². The molecule has 0 aromatic heterocycles. The highest BCUT2D eigenvalue weighted by atomic mass is 16.5. The van der Waals surface area contributed by atoms with E-state index < -0.39 is 0 Å². The second kappa shape index (κ2) is 12.9. The molecule has 3 heterocycles. The van der Waals surface area contributed by atoms with Crippen molar-refractivity contribution in [2.45, 2.75) is 99.1 Å². The number of ether oxygens (including phenoxy) is 1. The Balaban J connectivity index is 0.000000186. The molecule has 3 aliphatic rings. The molecule has 3 aliphatic heterocycles. The quantitative estimate of drug-likeness (QED) is 0.422. The Bertz CT molecular complexity index is 1190. The Morgan fingerprint density at radius 1 is 0.750 bits per heavy atom. The minimum absolute atomic E-state index is 0.175. The second-order valence-electron chi connectivity index (χ2n) is 13.5. The first-order valence-electron chi connectivity index (χ1n) is 15.3. The Kier molecular flexibility index (Phi) is 9.76. The predicted molar refractivity (Wildman–Crippen MR) is 162 cm³/mol. The van der Waals surface area contributed by atoms with E-state index in [9.17, 15) is 9.59 Å². The van der Waals surface area contributed by atoms with Gasteiger partial charge in [-0.1, -0.05) is 84.9 Å². The topological polar surface area (TPSA) is 49.9 Å². The number of fused-ring (bicyclic) bond motifs is 2. The van der Waals surface area contributed by atoms with Crippen molar-refractivity contribution in [1.29, 1.82) is 0 Å². The van der Waals surface area contributed by atoms with Gasteiger partial charge in [0.15, 0.2) is 0 Å². The molecule has 2 amide bonds. The first-order chi connectivity index (χ1) is 18.9. The van der Waals surface area contributed by atoms with E-state index in [4.69, 9.17) is 4.74 Å². The van der Waals surface area contributed by atoms with Crippen LogP contribution in [0.25, 0.3) is 0 Å². The Labute approximate surface area is 242 Å². The molecule has 0 atom stereocenters. The number of amides is 2. The second-order valence-corrected chi connectivity index (χ2v) is 13.5. The van der Waals surface area contributed by atoms with Crippen molar-refractivity contribution in [3.05, 3.63) is 69.8 Å². The lowest BCUT2D eigenvalue weighted by atomic mass is 9.90. The van der Waals surface area contributed by atoms with Crippen molar-refractivity contribution in [3.63, 3.8) is 0 Å². The van der Waals surface area contributed by atoms with E-state index in [0.717, 1.165) is 65.1 Å². The van der Waals surface area contributed by atoms with Crippen molar-refractivity contribution in [3.8, 4) is 0 Å². The van der Waals surface area contributed by atoms with Crippen molar-refractivity contribution >= 4 is 11.8 Å². The number of carbonyl (C=O) groups is 2. The molecular weight excluding hydrogens is 496 g/mol. The number of hydrogen-bond acceptors (Lipinski definition) is 3. The van der Waals surface area contributed by atoms with E-state index in [1.54, 1.807) is 0 Å². The lowest BCUT2D eigenvalue weighted by Crippen LogP contribution is -2.42. The maximum absolute atomic E-state index is 12.7. The lowest BCUT2D eigenvalue weighted by Gasteiger charge is -2.34. The highest BCUT2D eigenvalue weighted by Crippen LogP contribution is 2.28. The number of hydrogen-bond donors (Lipinski definition) is 0. The van der Waals surface area contributed by atoms with Crippen LogP contribution in [0.1, 0.15) is 107 Å². The maximum atomic E-state index is 12.7. The molecular formula is C35H50N2O3. The van der Waals surface area contributed by atoms with Crippen molar-refractivity contribution in [2.75, 3.05) is 26.3 Å². The molecule has 0 saturated carbocycles. The van der Waals surface area contributed by atoms with Crippen molar-refractivity contribution < 1.29 is 14.3 Å². The van der Waals surface area contributed by atoms with E-state index in [0.29, 0.717) is 17.7 Å². The Hall–Kier alpha value is -2.66. The lowest BCUT2D eigenvalue weighted by molar-refractivity contribution is -0.140. The first kappa shape index (κ1) is 30.3. The summed E-state index contributed by atoms with van der Waals surface area (Å²) in [5, 5.41) is 0. The van der Waals surface area contributed by atoms with Gasteiger partial charge in [-0.15, -0.1) is 0 Å².